The molecule has 0 spiro atoms. The highest BCUT2D eigenvalue weighted by Crippen LogP contribution is 2.32. The van der Waals surface area contributed by atoms with Crippen LogP contribution in [0.25, 0.3) is 0 Å². The summed E-state index contributed by atoms with van der Waals surface area (Å²) in [5.74, 6) is 1.02. The number of benzene rings is 1. The predicted molar refractivity (Wildman–Crippen MR) is 87.4 cm³/mol. The molecular formula is C14H23ClN2O4S. The van der Waals surface area contributed by atoms with Crippen LogP contribution in [-0.4, -0.2) is 33.7 Å². The summed E-state index contributed by atoms with van der Waals surface area (Å²) < 4.78 is 38.0. The summed E-state index contributed by atoms with van der Waals surface area (Å²) >= 11 is 0. The van der Waals surface area contributed by atoms with E-state index in [2.05, 4.69) is 4.72 Å². The van der Waals surface area contributed by atoms with E-state index in [0.717, 1.165) is 0 Å². The molecule has 0 amide bonds. The lowest BCUT2D eigenvalue weighted by Gasteiger charge is -2.26. The van der Waals surface area contributed by atoms with Crippen molar-refractivity contribution in [2.24, 2.45) is 5.73 Å². The van der Waals surface area contributed by atoms with Crippen molar-refractivity contribution in [3.8, 4) is 11.5 Å². The van der Waals surface area contributed by atoms with Gasteiger partial charge in [0.1, 0.15) is 13.2 Å². The van der Waals surface area contributed by atoms with Crippen LogP contribution in [0.5, 0.6) is 11.5 Å². The van der Waals surface area contributed by atoms with Gasteiger partial charge < -0.3 is 15.2 Å². The highest BCUT2D eigenvalue weighted by molar-refractivity contribution is 7.89. The largest absolute Gasteiger partial charge is 0.486 e. The van der Waals surface area contributed by atoms with Gasteiger partial charge in [0.2, 0.25) is 10.0 Å². The van der Waals surface area contributed by atoms with Gasteiger partial charge in [0.25, 0.3) is 0 Å². The maximum absolute atomic E-state index is 12.3. The first kappa shape index (κ1) is 19.0. The van der Waals surface area contributed by atoms with Crippen molar-refractivity contribution < 1.29 is 17.9 Å². The van der Waals surface area contributed by atoms with E-state index in [1.165, 1.54) is 12.1 Å². The Kier molecular flexibility index (Phi) is 6.49. The van der Waals surface area contributed by atoms with Gasteiger partial charge in [-0.3, -0.25) is 0 Å². The summed E-state index contributed by atoms with van der Waals surface area (Å²) in [5, 5.41) is 0. The van der Waals surface area contributed by atoms with Crippen molar-refractivity contribution in [1.82, 2.24) is 4.72 Å². The van der Waals surface area contributed by atoms with E-state index in [0.29, 0.717) is 37.6 Å². The Morgan fingerprint density at radius 3 is 2.36 bits per heavy atom. The van der Waals surface area contributed by atoms with Crippen LogP contribution in [0.2, 0.25) is 0 Å². The van der Waals surface area contributed by atoms with Crippen LogP contribution in [0.3, 0.4) is 0 Å². The Labute approximate surface area is 137 Å². The standard InChI is InChI=1S/C14H22N2O4S.ClH/c1-3-14(15,4-2)10-16-21(17,18)11-5-6-12-13(9-11)20-8-7-19-12;/h5-6,9,16H,3-4,7-8,10,15H2,1-2H3;1H. The number of ether oxygens (including phenoxy) is 2. The Bertz CT molecular complexity index is 603. The molecule has 1 heterocycles. The van der Waals surface area contributed by atoms with Crippen LogP contribution in [-0.2, 0) is 10.0 Å². The third-order valence-electron chi connectivity index (χ3n) is 3.85. The van der Waals surface area contributed by atoms with Crippen molar-refractivity contribution in [3.05, 3.63) is 18.2 Å². The fraction of sp³-hybridized carbons (Fsp3) is 0.571. The smallest absolute Gasteiger partial charge is 0.240 e. The van der Waals surface area contributed by atoms with Crippen LogP contribution in [0.15, 0.2) is 23.1 Å². The Morgan fingerprint density at radius 2 is 1.77 bits per heavy atom. The van der Waals surface area contributed by atoms with Gasteiger partial charge in [-0.15, -0.1) is 12.4 Å². The van der Waals surface area contributed by atoms with Crippen LogP contribution >= 0.6 is 12.4 Å². The first-order chi connectivity index (χ1) is 9.90. The zero-order valence-corrected chi connectivity index (χ0v) is 14.4. The molecular weight excluding hydrogens is 328 g/mol. The van der Waals surface area contributed by atoms with E-state index in [9.17, 15) is 8.42 Å². The molecule has 0 fully saturated rings. The molecule has 6 nitrogen and oxygen atoms in total. The molecule has 0 saturated heterocycles. The number of fused-ring (bicyclic) bond motifs is 1. The first-order valence-electron chi connectivity index (χ1n) is 7.08. The molecule has 2 rings (SSSR count). The molecule has 0 bridgehead atoms. The fourth-order valence-corrected chi connectivity index (χ4v) is 3.17. The lowest BCUT2D eigenvalue weighted by molar-refractivity contribution is 0.171. The first-order valence-corrected chi connectivity index (χ1v) is 8.57. The van der Waals surface area contributed by atoms with Gasteiger partial charge >= 0.3 is 0 Å². The third kappa shape index (κ3) is 4.25. The monoisotopic (exact) mass is 350 g/mol. The maximum atomic E-state index is 12.3. The van der Waals surface area contributed by atoms with Gasteiger partial charge in [0.05, 0.1) is 4.90 Å². The summed E-state index contributed by atoms with van der Waals surface area (Å²) in [7, 11) is -3.61. The zero-order chi connectivity index (χ0) is 15.5. The lowest BCUT2D eigenvalue weighted by atomic mass is 9.95. The number of nitrogens with one attached hydrogen (secondary N) is 1. The molecule has 1 aromatic rings. The number of nitrogens with two attached hydrogens (primary N) is 1. The second kappa shape index (κ2) is 7.50. The molecule has 1 aromatic carbocycles. The second-order valence-corrected chi connectivity index (χ2v) is 6.97. The van der Waals surface area contributed by atoms with Crippen LogP contribution in [0, 0.1) is 0 Å². The van der Waals surface area contributed by atoms with E-state index in [1.54, 1.807) is 6.07 Å². The summed E-state index contributed by atoms with van der Waals surface area (Å²) in [5.41, 5.74) is 5.59. The zero-order valence-electron chi connectivity index (χ0n) is 12.8. The molecule has 0 saturated carbocycles. The van der Waals surface area contributed by atoms with E-state index in [1.807, 2.05) is 13.8 Å². The van der Waals surface area contributed by atoms with Crippen LogP contribution in [0.4, 0.5) is 0 Å². The molecule has 8 heteroatoms. The van der Waals surface area contributed by atoms with E-state index in [4.69, 9.17) is 15.2 Å². The van der Waals surface area contributed by atoms with Gasteiger partial charge in [-0.1, -0.05) is 13.8 Å². The fourth-order valence-electron chi connectivity index (χ4n) is 2.01. The third-order valence-corrected chi connectivity index (χ3v) is 5.25. The minimum atomic E-state index is -3.61. The molecule has 0 atom stereocenters. The topological polar surface area (TPSA) is 90.7 Å². The lowest BCUT2D eigenvalue weighted by Crippen LogP contribution is -2.49. The van der Waals surface area contributed by atoms with Crippen molar-refractivity contribution in [2.45, 2.75) is 37.1 Å². The van der Waals surface area contributed by atoms with Gasteiger partial charge in [-0.25, -0.2) is 13.1 Å². The summed E-state index contributed by atoms with van der Waals surface area (Å²) in [4.78, 5) is 0.154. The van der Waals surface area contributed by atoms with Gasteiger partial charge in [-0.2, -0.15) is 0 Å². The Balaban J connectivity index is 0.00000242. The van der Waals surface area contributed by atoms with Gasteiger partial charge in [0.15, 0.2) is 11.5 Å². The molecule has 1 aliphatic rings. The number of hydrogen-bond acceptors (Lipinski definition) is 5. The second-order valence-electron chi connectivity index (χ2n) is 5.20. The van der Waals surface area contributed by atoms with E-state index >= 15 is 0 Å². The SMILES string of the molecule is CCC(N)(CC)CNS(=O)(=O)c1ccc2c(c1)OCCO2.Cl. The van der Waals surface area contributed by atoms with Crippen molar-refractivity contribution in [2.75, 3.05) is 19.8 Å². The van der Waals surface area contributed by atoms with Crippen LogP contribution in [0.1, 0.15) is 26.7 Å². The molecule has 0 aliphatic carbocycles. The molecule has 0 aromatic heterocycles. The molecule has 22 heavy (non-hydrogen) atoms. The number of sulfonamides is 1. The predicted octanol–water partition coefficient (Wildman–Crippen LogP) is 1.68. The van der Waals surface area contributed by atoms with E-state index in [-0.39, 0.29) is 23.8 Å². The minimum Gasteiger partial charge on any atom is -0.486 e. The van der Waals surface area contributed by atoms with Gasteiger partial charge in [-0.05, 0) is 25.0 Å². The maximum Gasteiger partial charge on any atom is 0.240 e. The molecule has 0 radical (unpaired) electrons. The quantitative estimate of drug-likeness (QED) is 0.814. The van der Waals surface area contributed by atoms with Crippen LogP contribution < -0.4 is 19.9 Å². The average Bonchev–Trinajstić information content (AvgIpc) is 2.52. The minimum absolute atomic E-state index is 0. The summed E-state index contributed by atoms with van der Waals surface area (Å²) in [6, 6.07) is 4.59. The average molecular weight is 351 g/mol. The molecule has 0 unspecified atom stereocenters. The van der Waals surface area contributed by atoms with Gasteiger partial charge in [0, 0.05) is 18.2 Å². The van der Waals surface area contributed by atoms with Crippen molar-refractivity contribution >= 4 is 22.4 Å². The Morgan fingerprint density at radius 1 is 1.18 bits per heavy atom. The summed E-state index contributed by atoms with van der Waals surface area (Å²) in [6.45, 7) is 4.99. The van der Waals surface area contributed by atoms with E-state index < -0.39 is 15.6 Å². The van der Waals surface area contributed by atoms with Crippen molar-refractivity contribution in [1.29, 1.82) is 0 Å². The number of halogens is 1. The summed E-state index contributed by atoms with van der Waals surface area (Å²) in [6.07, 6.45) is 1.40. The van der Waals surface area contributed by atoms with Crippen molar-refractivity contribution in [3.63, 3.8) is 0 Å². The highest BCUT2D eigenvalue weighted by atomic mass is 35.5. The number of rotatable bonds is 6. The molecule has 1 aliphatic heterocycles. The Hall–Kier alpha value is -1.02. The normalized spacial score (nSPS) is 14.3. The molecule has 3 N–H and O–H groups in total. The highest BCUT2D eigenvalue weighted by Gasteiger charge is 2.25. The molecule has 126 valence electrons. The number of hydrogen-bond donors (Lipinski definition) is 2.